The molecule has 0 aliphatic heterocycles. The number of hydrogen-bond donors (Lipinski definition) is 2. The van der Waals surface area contributed by atoms with Crippen molar-refractivity contribution in [2.45, 2.75) is 25.2 Å². The molecule has 0 fully saturated rings. The molecule has 1 unspecified atom stereocenters. The van der Waals surface area contributed by atoms with Gasteiger partial charge in [0.05, 0.1) is 5.92 Å². The van der Waals surface area contributed by atoms with Crippen molar-refractivity contribution in [1.29, 1.82) is 0 Å². The Bertz CT molecular complexity index is 684. The molecule has 3 N–H and O–H groups in total. The molecule has 0 bridgehead atoms. The summed E-state index contributed by atoms with van der Waals surface area (Å²) in [7, 11) is 0. The minimum absolute atomic E-state index is 0.0545. The topological polar surface area (TPSA) is 55.1 Å². The Balaban J connectivity index is 1.81. The summed E-state index contributed by atoms with van der Waals surface area (Å²) < 4.78 is 0.796. The summed E-state index contributed by atoms with van der Waals surface area (Å²) in [5.41, 5.74) is 9.65. The molecule has 0 heterocycles. The number of nitrogens with one attached hydrogen (secondary N) is 1. The van der Waals surface area contributed by atoms with E-state index in [0.29, 0.717) is 5.69 Å². The van der Waals surface area contributed by atoms with Crippen molar-refractivity contribution in [3.8, 4) is 0 Å². The normalized spacial score (nSPS) is 17.1. The third-order valence-electron chi connectivity index (χ3n) is 3.95. The minimum Gasteiger partial charge on any atom is -0.398 e. The van der Waals surface area contributed by atoms with Crippen LogP contribution in [-0.2, 0) is 11.2 Å². The largest absolute Gasteiger partial charge is 0.398 e. The molecule has 3 rings (SSSR count). The van der Waals surface area contributed by atoms with E-state index in [1.54, 1.807) is 6.07 Å². The quantitative estimate of drug-likeness (QED) is 0.806. The van der Waals surface area contributed by atoms with Gasteiger partial charge in [0.25, 0.3) is 0 Å². The highest BCUT2D eigenvalue weighted by molar-refractivity contribution is 9.10. The van der Waals surface area contributed by atoms with E-state index in [4.69, 9.17) is 5.73 Å². The molecular formula is C17H17BrN2O. The molecule has 0 aromatic heterocycles. The minimum atomic E-state index is -0.0636. The van der Waals surface area contributed by atoms with Crippen molar-refractivity contribution < 1.29 is 4.79 Å². The van der Waals surface area contributed by atoms with E-state index in [1.165, 1.54) is 5.56 Å². The first-order valence-corrected chi connectivity index (χ1v) is 7.88. The van der Waals surface area contributed by atoms with Gasteiger partial charge in [0.15, 0.2) is 0 Å². The van der Waals surface area contributed by atoms with E-state index >= 15 is 0 Å². The first-order chi connectivity index (χ1) is 10.1. The van der Waals surface area contributed by atoms with Crippen molar-refractivity contribution in [2.75, 3.05) is 11.1 Å². The second-order valence-corrected chi connectivity index (χ2v) is 6.22. The summed E-state index contributed by atoms with van der Waals surface area (Å²) in [6, 6.07) is 13.7. The first-order valence-electron chi connectivity index (χ1n) is 7.09. The number of hydrogen-bond acceptors (Lipinski definition) is 2. The molecular weight excluding hydrogens is 328 g/mol. The third kappa shape index (κ3) is 2.95. The maximum absolute atomic E-state index is 12.6. The fourth-order valence-electron chi connectivity index (χ4n) is 2.86. The summed E-state index contributed by atoms with van der Waals surface area (Å²) in [6.45, 7) is 0. The van der Waals surface area contributed by atoms with Gasteiger partial charge in [-0.15, -0.1) is 0 Å². The molecule has 1 aliphatic carbocycles. The van der Waals surface area contributed by atoms with Crippen LogP contribution in [0.4, 0.5) is 11.4 Å². The SMILES string of the molecule is Nc1ccc(NC(=O)C2CCCc3ccccc32)cc1Br. The Morgan fingerprint density at radius 3 is 2.86 bits per heavy atom. The van der Waals surface area contributed by atoms with E-state index < -0.39 is 0 Å². The highest BCUT2D eigenvalue weighted by Crippen LogP contribution is 2.33. The number of nitrogens with two attached hydrogens (primary N) is 1. The Labute approximate surface area is 132 Å². The van der Waals surface area contributed by atoms with Gasteiger partial charge >= 0.3 is 0 Å². The first kappa shape index (κ1) is 14.1. The molecule has 0 saturated heterocycles. The van der Waals surface area contributed by atoms with Gasteiger partial charge < -0.3 is 11.1 Å². The summed E-state index contributed by atoms with van der Waals surface area (Å²) in [5, 5.41) is 3.00. The standard InChI is InChI=1S/C17H17BrN2O/c18-15-10-12(8-9-16(15)19)20-17(21)14-7-3-5-11-4-1-2-6-13(11)14/h1-2,4,6,8-10,14H,3,5,7,19H2,(H,20,21). The smallest absolute Gasteiger partial charge is 0.231 e. The second kappa shape index (κ2) is 5.90. The van der Waals surface area contributed by atoms with Gasteiger partial charge in [0.1, 0.15) is 0 Å². The number of benzene rings is 2. The molecule has 1 aliphatic rings. The van der Waals surface area contributed by atoms with E-state index in [-0.39, 0.29) is 11.8 Å². The van der Waals surface area contributed by atoms with Crippen LogP contribution in [-0.4, -0.2) is 5.91 Å². The molecule has 0 radical (unpaired) electrons. The maximum atomic E-state index is 12.6. The zero-order valence-electron chi connectivity index (χ0n) is 11.6. The average Bonchev–Trinajstić information content (AvgIpc) is 2.50. The second-order valence-electron chi connectivity index (χ2n) is 5.37. The number of carbonyl (C=O) groups excluding carboxylic acids is 1. The number of nitrogen functional groups attached to an aromatic ring is 1. The summed E-state index contributed by atoms with van der Waals surface area (Å²) in [5.74, 6) is -0.00917. The predicted molar refractivity (Wildman–Crippen MR) is 89.3 cm³/mol. The molecule has 2 aromatic carbocycles. The van der Waals surface area contributed by atoms with Gasteiger partial charge in [-0.25, -0.2) is 0 Å². The molecule has 21 heavy (non-hydrogen) atoms. The van der Waals surface area contributed by atoms with Crippen molar-refractivity contribution in [3.63, 3.8) is 0 Å². The lowest BCUT2D eigenvalue weighted by molar-refractivity contribution is -0.117. The number of rotatable bonds is 2. The molecule has 3 nitrogen and oxygen atoms in total. The fourth-order valence-corrected chi connectivity index (χ4v) is 3.24. The van der Waals surface area contributed by atoms with Gasteiger partial charge in [0, 0.05) is 15.8 Å². The van der Waals surface area contributed by atoms with Gasteiger partial charge in [-0.3, -0.25) is 4.79 Å². The van der Waals surface area contributed by atoms with Crippen LogP contribution >= 0.6 is 15.9 Å². The lowest BCUT2D eigenvalue weighted by Crippen LogP contribution is -2.24. The van der Waals surface area contributed by atoms with Gasteiger partial charge in [-0.05, 0) is 64.5 Å². The zero-order valence-corrected chi connectivity index (χ0v) is 13.2. The van der Waals surface area contributed by atoms with Crippen LogP contribution in [0, 0.1) is 0 Å². The van der Waals surface area contributed by atoms with E-state index in [2.05, 4.69) is 33.4 Å². The van der Waals surface area contributed by atoms with Crippen LogP contribution in [0.25, 0.3) is 0 Å². The van der Waals surface area contributed by atoms with Crippen LogP contribution in [0.5, 0.6) is 0 Å². The summed E-state index contributed by atoms with van der Waals surface area (Å²) in [4.78, 5) is 12.6. The fraction of sp³-hybridized carbons (Fsp3) is 0.235. The number of halogens is 1. The lowest BCUT2D eigenvalue weighted by Gasteiger charge is -2.24. The number of anilines is 2. The Morgan fingerprint density at radius 2 is 2.05 bits per heavy atom. The molecule has 4 heteroatoms. The van der Waals surface area contributed by atoms with E-state index in [1.807, 2.05) is 24.3 Å². The Kier molecular flexibility index (Phi) is 3.97. The lowest BCUT2D eigenvalue weighted by atomic mass is 9.82. The van der Waals surface area contributed by atoms with Crippen LogP contribution < -0.4 is 11.1 Å². The number of amides is 1. The van der Waals surface area contributed by atoms with Crippen LogP contribution in [0.15, 0.2) is 46.9 Å². The van der Waals surface area contributed by atoms with Crippen LogP contribution in [0.1, 0.15) is 29.9 Å². The zero-order chi connectivity index (χ0) is 14.8. The molecule has 0 spiro atoms. The molecule has 1 atom stereocenters. The Hall–Kier alpha value is -1.81. The maximum Gasteiger partial charge on any atom is 0.231 e. The molecule has 2 aromatic rings. The number of fused-ring (bicyclic) bond motifs is 1. The van der Waals surface area contributed by atoms with Crippen LogP contribution in [0.3, 0.4) is 0 Å². The third-order valence-corrected chi connectivity index (χ3v) is 4.64. The van der Waals surface area contributed by atoms with E-state index in [0.717, 1.165) is 35.0 Å². The number of carbonyl (C=O) groups is 1. The van der Waals surface area contributed by atoms with Crippen LogP contribution in [0.2, 0.25) is 0 Å². The summed E-state index contributed by atoms with van der Waals surface area (Å²) in [6.07, 6.45) is 3.02. The highest BCUT2D eigenvalue weighted by atomic mass is 79.9. The molecule has 1 amide bonds. The molecule has 0 saturated carbocycles. The number of aryl methyl sites for hydroxylation is 1. The predicted octanol–water partition coefficient (Wildman–Crippen LogP) is 4.09. The monoisotopic (exact) mass is 344 g/mol. The average molecular weight is 345 g/mol. The van der Waals surface area contributed by atoms with Gasteiger partial charge in [-0.2, -0.15) is 0 Å². The Morgan fingerprint density at radius 1 is 1.24 bits per heavy atom. The van der Waals surface area contributed by atoms with Crippen molar-refractivity contribution >= 4 is 33.2 Å². The van der Waals surface area contributed by atoms with Crippen molar-refractivity contribution in [3.05, 3.63) is 58.1 Å². The van der Waals surface area contributed by atoms with Gasteiger partial charge in [-0.1, -0.05) is 24.3 Å². The van der Waals surface area contributed by atoms with Crippen molar-refractivity contribution in [1.82, 2.24) is 0 Å². The highest BCUT2D eigenvalue weighted by Gasteiger charge is 2.26. The van der Waals surface area contributed by atoms with E-state index in [9.17, 15) is 4.79 Å². The summed E-state index contributed by atoms with van der Waals surface area (Å²) >= 11 is 3.38. The van der Waals surface area contributed by atoms with Gasteiger partial charge in [0.2, 0.25) is 5.91 Å². The molecule has 108 valence electrons. The van der Waals surface area contributed by atoms with Crippen molar-refractivity contribution in [2.24, 2.45) is 0 Å².